The highest BCUT2D eigenvalue weighted by molar-refractivity contribution is 6.02. The smallest absolute Gasteiger partial charge is 0.246 e. The number of nitrogens with zero attached hydrogens (tertiary/aromatic N) is 3. The molecule has 1 saturated heterocycles. The highest BCUT2D eigenvalue weighted by atomic mass is 16.5. The average Bonchev–Trinajstić information content (AvgIpc) is 3.27. The standard InChI is InChI=1S/C26H24N4O3/c1-2-23(31)30-13-14-32-16-19(30)17-33-22-15-27-12-10-20(22)25-24(18-7-4-3-5-8-18)26-21(29-25)9-6-11-28-26/h2-12,15,19,29H,1,13-14,16-17H2. The summed E-state index contributed by atoms with van der Waals surface area (Å²) in [5.41, 5.74) is 5.68. The van der Waals surface area contributed by atoms with Gasteiger partial charge in [0.15, 0.2) is 0 Å². The molecule has 1 amide bonds. The molecule has 0 spiro atoms. The monoisotopic (exact) mass is 440 g/mol. The lowest BCUT2D eigenvalue weighted by Gasteiger charge is -2.34. The van der Waals surface area contributed by atoms with Crippen molar-refractivity contribution in [2.24, 2.45) is 0 Å². The number of carbonyl (C=O) groups is 1. The molecular formula is C26H24N4O3. The van der Waals surface area contributed by atoms with Crippen molar-refractivity contribution in [1.29, 1.82) is 0 Å². The Morgan fingerprint density at radius 1 is 1.21 bits per heavy atom. The Morgan fingerprint density at radius 2 is 2.09 bits per heavy atom. The largest absolute Gasteiger partial charge is 0.489 e. The number of hydrogen-bond acceptors (Lipinski definition) is 5. The van der Waals surface area contributed by atoms with Crippen LogP contribution in [0.5, 0.6) is 5.75 Å². The molecule has 0 bridgehead atoms. The summed E-state index contributed by atoms with van der Waals surface area (Å²) in [5, 5.41) is 0. The minimum Gasteiger partial charge on any atom is -0.489 e. The SMILES string of the molecule is C=CC(=O)N1CCOCC1COc1cnccc1-c1[nH]c2cccnc2c1-c1ccccc1. The lowest BCUT2D eigenvalue weighted by molar-refractivity contribution is -0.135. The van der Waals surface area contributed by atoms with E-state index < -0.39 is 0 Å². The van der Waals surface area contributed by atoms with E-state index in [9.17, 15) is 4.79 Å². The second-order valence-corrected chi connectivity index (χ2v) is 7.79. The zero-order valence-corrected chi connectivity index (χ0v) is 18.1. The quantitative estimate of drug-likeness (QED) is 0.457. The van der Waals surface area contributed by atoms with Gasteiger partial charge in [-0.25, -0.2) is 0 Å². The van der Waals surface area contributed by atoms with Crippen molar-refractivity contribution in [3.8, 4) is 28.1 Å². The minimum absolute atomic E-state index is 0.119. The summed E-state index contributed by atoms with van der Waals surface area (Å²) in [6, 6.07) is 15.8. The van der Waals surface area contributed by atoms with Gasteiger partial charge < -0.3 is 19.4 Å². The van der Waals surface area contributed by atoms with E-state index in [-0.39, 0.29) is 18.6 Å². The highest BCUT2D eigenvalue weighted by Crippen LogP contribution is 2.40. The normalized spacial score (nSPS) is 16.0. The molecule has 0 saturated carbocycles. The summed E-state index contributed by atoms with van der Waals surface area (Å²) < 4.78 is 11.8. The number of carbonyl (C=O) groups excluding carboxylic acids is 1. The number of rotatable bonds is 6. The Hall–Kier alpha value is -3.97. The van der Waals surface area contributed by atoms with Crippen LogP contribution >= 0.6 is 0 Å². The molecule has 1 N–H and O–H groups in total. The summed E-state index contributed by atoms with van der Waals surface area (Å²) in [7, 11) is 0. The molecule has 4 heterocycles. The molecule has 1 aliphatic heterocycles. The maximum Gasteiger partial charge on any atom is 0.246 e. The first kappa shape index (κ1) is 20.9. The molecule has 33 heavy (non-hydrogen) atoms. The summed E-state index contributed by atoms with van der Waals surface area (Å²) in [5.74, 6) is 0.504. The Kier molecular flexibility index (Phi) is 5.87. The van der Waals surface area contributed by atoms with E-state index in [2.05, 4.69) is 33.7 Å². The number of benzene rings is 1. The summed E-state index contributed by atoms with van der Waals surface area (Å²) in [4.78, 5) is 26.4. The molecule has 7 nitrogen and oxygen atoms in total. The Balaban J connectivity index is 1.52. The van der Waals surface area contributed by atoms with Crippen molar-refractivity contribution in [1.82, 2.24) is 19.9 Å². The van der Waals surface area contributed by atoms with E-state index in [4.69, 9.17) is 9.47 Å². The summed E-state index contributed by atoms with van der Waals surface area (Å²) in [6.45, 7) is 5.34. The van der Waals surface area contributed by atoms with Crippen LogP contribution in [0.3, 0.4) is 0 Å². The molecule has 1 aromatic carbocycles. The van der Waals surface area contributed by atoms with E-state index in [0.29, 0.717) is 25.5 Å². The predicted octanol–water partition coefficient (Wildman–Crippen LogP) is 4.08. The van der Waals surface area contributed by atoms with E-state index in [1.165, 1.54) is 6.08 Å². The fourth-order valence-electron chi connectivity index (χ4n) is 4.20. The molecule has 1 fully saturated rings. The van der Waals surface area contributed by atoms with Crippen LogP contribution < -0.4 is 4.74 Å². The van der Waals surface area contributed by atoms with Gasteiger partial charge in [0.1, 0.15) is 12.4 Å². The highest BCUT2D eigenvalue weighted by Gasteiger charge is 2.27. The number of hydrogen-bond donors (Lipinski definition) is 1. The third-order valence-corrected chi connectivity index (χ3v) is 5.79. The van der Waals surface area contributed by atoms with Crippen LogP contribution in [0.2, 0.25) is 0 Å². The number of fused-ring (bicyclic) bond motifs is 1. The van der Waals surface area contributed by atoms with Crippen LogP contribution in [-0.4, -0.2) is 58.2 Å². The van der Waals surface area contributed by atoms with Crippen LogP contribution in [0.4, 0.5) is 0 Å². The van der Waals surface area contributed by atoms with Crippen LogP contribution in [-0.2, 0) is 9.53 Å². The molecule has 5 rings (SSSR count). The topological polar surface area (TPSA) is 80.3 Å². The summed E-state index contributed by atoms with van der Waals surface area (Å²) in [6.07, 6.45) is 6.57. The zero-order valence-electron chi connectivity index (χ0n) is 18.1. The number of nitrogens with one attached hydrogen (secondary N) is 1. The third kappa shape index (κ3) is 4.10. The number of pyridine rings is 2. The molecule has 166 valence electrons. The number of H-pyrrole nitrogens is 1. The zero-order chi connectivity index (χ0) is 22.6. The van der Waals surface area contributed by atoms with Crippen molar-refractivity contribution < 1.29 is 14.3 Å². The number of aromatic nitrogens is 3. The van der Waals surface area contributed by atoms with E-state index >= 15 is 0 Å². The first-order valence-corrected chi connectivity index (χ1v) is 10.9. The molecule has 4 aromatic rings. The third-order valence-electron chi connectivity index (χ3n) is 5.79. The minimum atomic E-state index is -0.199. The lowest BCUT2D eigenvalue weighted by Crippen LogP contribution is -2.50. The van der Waals surface area contributed by atoms with E-state index in [1.54, 1.807) is 23.5 Å². The fourth-order valence-corrected chi connectivity index (χ4v) is 4.20. The molecular weight excluding hydrogens is 416 g/mol. The van der Waals surface area contributed by atoms with Gasteiger partial charge in [0.05, 0.1) is 42.2 Å². The number of morpholine rings is 1. The molecule has 0 radical (unpaired) electrons. The van der Waals surface area contributed by atoms with Crippen molar-refractivity contribution in [3.05, 3.63) is 79.8 Å². The number of amides is 1. The van der Waals surface area contributed by atoms with Gasteiger partial charge in [0, 0.05) is 30.1 Å². The molecule has 0 aliphatic carbocycles. The van der Waals surface area contributed by atoms with E-state index in [1.807, 2.05) is 36.4 Å². The number of ether oxygens (including phenoxy) is 2. The van der Waals surface area contributed by atoms with Crippen LogP contribution in [0.15, 0.2) is 79.8 Å². The molecule has 1 aliphatic rings. The van der Waals surface area contributed by atoms with Crippen molar-refractivity contribution in [3.63, 3.8) is 0 Å². The van der Waals surface area contributed by atoms with Crippen molar-refractivity contribution in [2.75, 3.05) is 26.4 Å². The van der Waals surface area contributed by atoms with Gasteiger partial charge in [0.25, 0.3) is 0 Å². The second kappa shape index (κ2) is 9.26. The van der Waals surface area contributed by atoms with Gasteiger partial charge in [0.2, 0.25) is 5.91 Å². The van der Waals surface area contributed by atoms with Crippen LogP contribution in [0.25, 0.3) is 33.4 Å². The fraction of sp³-hybridized carbons (Fsp3) is 0.192. The van der Waals surface area contributed by atoms with Gasteiger partial charge >= 0.3 is 0 Å². The molecule has 3 aromatic heterocycles. The van der Waals surface area contributed by atoms with Crippen LogP contribution in [0, 0.1) is 0 Å². The van der Waals surface area contributed by atoms with Crippen LogP contribution in [0.1, 0.15) is 0 Å². The van der Waals surface area contributed by atoms with Gasteiger partial charge in [-0.15, -0.1) is 0 Å². The molecule has 1 unspecified atom stereocenters. The van der Waals surface area contributed by atoms with Crippen molar-refractivity contribution >= 4 is 16.9 Å². The number of aromatic amines is 1. The summed E-state index contributed by atoms with van der Waals surface area (Å²) >= 11 is 0. The lowest BCUT2D eigenvalue weighted by atomic mass is 10.0. The van der Waals surface area contributed by atoms with E-state index in [0.717, 1.165) is 33.4 Å². The second-order valence-electron chi connectivity index (χ2n) is 7.79. The first-order chi connectivity index (χ1) is 16.3. The predicted molar refractivity (Wildman–Crippen MR) is 127 cm³/mol. The first-order valence-electron chi connectivity index (χ1n) is 10.9. The van der Waals surface area contributed by atoms with Gasteiger partial charge in [-0.2, -0.15) is 0 Å². The maximum atomic E-state index is 12.3. The van der Waals surface area contributed by atoms with Gasteiger partial charge in [-0.05, 0) is 29.8 Å². The average molecular weight is 441 g/mol. The molecule has 1 atom stereocenters. The molecule has 7 heteroatoms. The Morgan fingerprint density at radius 3 is 2.94 bits per heavy atom. The Bertz CT molecular complexity index is 1290. The van der Waals surface area contributed by atoms with Gasteiger partial charge in [-0.1, -0.05) is 36.9 Å². The maximum absolute atomic E-state index is 12.3. The Labute approximate surface area is 191 Å². The van der Waals surface area contributed by atoms with Crippen molar-refractivity contribution in [2.45, 2.75) is 6.04 Å². The van der Waals surface area contributed by atoms with Gasteiger partial charge in [-0.3, -0.25) is 14.8 Å².